The first-order valence-corrected chi connectivity index (χ1v) is 3.34. The van der Waals surface area contributed by atoms with E-state index in [-0.39, 0.29) is 5.95 Å². The quantitative estimate of drug-likeness (QED) is 0.499. The second-order valence-electron chi connectivity index (χ2n) is 2.55. The van der Waals surface area contributed by atoms with E-state index in [0.29, 0.717) is 11.7 Å². The van der Waals surface area contributed by atoms with Gasteiger partial charge in [-0.3, -0.25) is 0 Å². The average Bonchev–Trinajstić information content (AvgIpc) is 2.68. The Kier molecular flexibility index (Phi) is 1.14. The number of H-pyrrole nitrogens is 1. The molecule has 1 aromatic rings. The summed E-state index contributed by atoms with van der Waals surface area (Å²) >= 11 is 0. The number of aromatic nitrogens is 3. The van der Waals surface area contributed by atoms with Crippen molar-refractivity contribution in [1.82, 2.24) is 15.2 Å². The van der Waals surface area contributed by atoms with Crippen molar-refractivity contribution in [1.29, 1.82) is 0 Å². The second kappa shape index (κ2) is 2.01. The first kappa shape index (κ1) is 6.26. The first-order chi connectivity index (χ1) is 5.27. The Morgan fingerprint density at radius 3 is 2.82 bits per heavy atom. The van der Waals surface area contributed by atoms with Crippen LogP contribution in [-0.4, -0.2) is 20.1 Å². The van der Waals surface area contributed by atoms with Gasteiger partial charge in [-0.2, -0.15) is 0 Å². The largest absolute Gasteiger partial charge is 0.453 e. The van der Waals surface area contributed by atoms with Crippen LogP contribution in [0.4, 0.5) is 5.95 Å². The summed E-state index contributed by atoms with van der Waals surface area (Å²) in [6.45, 7) is 0. The maximum atomic E-state index is 10.1. The van der Waals surface area contributed by atoms with Gasteiger partial charge in [0.15, 0.2) is 0 Å². The van der Waals surface area contributed by atoms with Crippen molar-refractivity contribution in [3.63, 3.8) is 0 Å². The lowest BCUT2D eigenvalue weighted by atomic mass is 10.4. The van der Waals surface area contributed by atoms with Crippen molar-refractivity contribution < 1.29 is 4.92 Å². The highest BCUT2D eigenvalue weighted by atomic mass is 16.6. The van der Waals surface area contributed by atoms with E-state index in [9.17, 15) is 10.1 Å². The molecular weight excluding hydrogens is 148 g/mol. The highest BCUT2D eigenvalue weighted by Gasteiger charge is 2.32. The van der Waals surface area contributed by atoms with Gasteiger partial charge in [0.2, 0.25) is 5.82 Å². The van der Waals surface area contributed by atoms with Crippen LogP contribution in [-0.2, 0) is 0 Å². The second-order valence-corrected chi connectivity index (χ2v) is 2.55. The Hall–Kier alpha value is -1.46. The molecule has 6 heteroatoms. The Balaban J connectivity index is 2.25. The van der Waals surface area contributed by atoms with Gasteiger partial charge in [-0.05, 0) is 22.7 Å². The minimum Gasteiger partial charge on any atom is -0.390 e. The van der Waals surface area contributed by atoms with Crippen LogP contribution in [0.1, 0.15) is 24.6 Å². The molecule has 0 bridgehead atoms. The predicted octanol–water partition coefficient (Wildman–Crippen LogP) is 0.590. The molecule has 0 spiro atoms. The third kappa shape index (κ3) is 1.06. The van der Waals surface area contributed by atoms with E-state index in [1.165, 1.54) is 0 Å². The summed E-state index contributed by atoms with van der Waals surface area (Å²) in [7, 11) is 0. The van der Waals surface area contributed by atoms with E-state index in [4.69, 9.17) is 0 Å². The van der Waals surface area contributed by atoms with E-state index < -0.39 is 4.92 Å². The Morgan fingerprint density at radius 1 is 1.64 bits per heavy atom. The normalized spacial score (nSPS) is 16.7. The summed E-state index contributed by atoms with van der Waals surface area (Å²) in [6, 6.07) is 0. The Labute approximate surface area is 61.8 Å². The highest BCUT2D eigenvalue weighted by Crippen LogP contribution is 2.38. The fourth-order valence-electron chi connectivity index (χ4n) is 0.872. The molecule has 1 aliphatic rings. The lowest BCUT2D eigenvalue weighted by Crippen LogP contribution is -1.89. The van der Waals surface area contributed by atoms with E-state index in [2.05, 4.69) is 15.2 Å². The molecule has 0 aliphatic heterocycles. The van der Waals surface area contributed by atoms with E-state index in [0.717, 1.165) is 12.8 Å². The molecule has 0 aromatic carbocycles. The molecule has 0 radical (unpaired) electrons. The highest BCUT2D eigenvalue weighted by molar-refractivity contribution is 5.10. The summed E-state index contributed by atoms with van der Waals surface area (Å²) < 4.78 is 0. The molecule has 6 nitrogen and oxygen atoms in total. The third-order valence-corrected chi connectivity index (χ3v) is 1.61. The van der Waals surface area contributed by atoms with Gasteiger partial charge in [-0.25, -0.2) is 0 Å². The van der Waals surface area contributed by atoms with Crippen molar-refractivity contribution in [2.75, 3.05) is 0 Å². The smallest absolute Gasteiger partial charge is 0.390 e. The van der Waals surface area contributed by atoms with Gasteiger partial charge in [0.25, 0.3) is 0 Å². The van der Waals surface area contributed by atoms with Crippen molar-refractivity contribution in [2.24, 2.45) is 0 Å². The van der Waals surface area contributed by atoms with E-state index >= 15 is 0 Å². The minimum absolute atomic E-state index is 0.257. The standard InChI is InChI=1S/C5H6N4O2/c10-9(11)5-6-4(7-8-5)3-1-2-3/h3H,1-2H2,(H,6,7,8). The number of nitrogens with one attached hydrogen (secondary N) is 1. The van der Waals surface area contributed by atoms with Gasteiger partial charge in [0.05, 0.1) is 0 Å². The molecule has 1 saturated carbocycles. The summed E-state index contributed by atoms with van der Waals surface area (Å²) in [5, 5.41) is 16.1. The molecule has 58 valence electrons. The van der Waals surface area contributed by atoms with Gasteiger partial charge in [0, 0.05) is 5.92 Å². The van der Waals surface area contributed by atoms with Gasteiger partial charge in [0.1, 0.15) is 0 Å². The molecule has 0 atom stereocenters. The van der Waals surface area contributed by atoms with Crippen LogP contribution in [0.5, 0.6) is 0 Å². The number of hydrogen-bond donors (Lipinski definition) is 1. The van der Waals surface area contributed by atoms with Gasteiger partial charge < -0.3 is 10.1 Å². The number of nitro groups is 1. The van der Waals surface area contributed by atoms with Crippen LogP contribution in [0.2, 0.25) is 0 Å². The van der Waals surface area contributed by atoms with Crippen LogP contribution < -0.4 is 0 Å². The van der Waals surface area contributed by atoms with Crippen molar-refractivity contribution >= 4 is 5.95 Å². The number of rotatable bonds is 2. The molecule has 1 aromatic heterocycles. The number of nitrogens with zero attached hydrogens (tertiary/aromatic N) is 3. The molecule has 0 unspecified atom stereocenters. The van der Waals surface area contributed by atoms with E-state index in [1.54, 1.807) is 0 Å². The van der Waals surface area contributed by atoms with Crippen LogP contribution in [0.15, 0.2) is 0 Å². The molecule has 0 saturated heterocycles. The van der Waals surface area contributed by atoms with Crippen molar-refractivity contribution in [2.45, 2.75) is 18.8 Å². The van der Waals surface area contributed by atoms with Crippen LogP contribution in [0.25, 0.3) is 0 Å². The lowest BCUT2D eigenvalue weighted by molar-refractivity contribution is -0.394. The minimum atomic E-state index is -0.571. The lowest BCUT2D eigenvalue weighted by Gasteiger charge is -1.83. The Bertz CT molecular complexity index is 290. The van der Waals surface area contributed by atoms with Crippen LogP contribution >= 0.6 is 0 Å². The van der Waals surface area contributed by atoms with Crippen molar-refractivity contribution in [3.8, 4) is 0 Å². The zero-order chi connectivity index (χ0) is 7.84. The summed E-state index contributed by atoms with van der Waals surface area (Å²) in [6.07, 6.45) is 2.10. The fraction of sp³-hybridized carbons (Fsp3) is 0.600. The van der Waals surface area contributed by atoms with Crippen LogP contribution in [0, 0.1) is 10.1 Å². The summed E-state index contributed by atoms with van der Waals surface area (Å²) in [5.41, 5.74) is 0. The topological polar surface area (TPSA) is 84.7 Å². The fourth-order valence-corrected chi connectivity index (χ4v) is 0.872. The predicted molar refractivity (Wildman–Crippen MR) is 35.0 cm³/mol. The molecule has 1 N–H and O–H groups in total. The van der Waals surface area contributed by atoms with Crippen LogP contribution in [0.3, 0.4) is 0 Å². The first-order valence-electron chi connectivity index (χ1n) is 3.34. The van der Waals surface area contributed by atoms with Gasteiger partial charge >= 0.3 is 5.95 Å². The molecular formula is C5H6N4O2. The Morgan fingerprint density at radius 2 is 2.36 bits per heavy atom. The summed E-state index contributed by atoms with van der Waals surface area (Å²) in [5.74, 6) is 0.684. The van der Waals surface area contributed by atoms with E-state index in [1.807, 2.05) is 0 Å². The van der Waals surface area contributed by atoms with Crippen molar-refractivity contribution in [3.05, 3.63) is 15.9 Å². The maximum Gasteiger partial charge on any atom is 0.453 e. The maximum absolute atomic E-state index is 10.1. The zero-order valence-electron chi connectivity index (χ0n) is 5.65. The number of hydrogen-bond acceptors (Lipinski definition) is 4. The zero-order valence-corrected chi connectivity index (χ0v) is 5.65. The monoisotopic (exact) mass is 154 g/mol. The summed E-state index contributed by atoms with van der Waals surface area (Å²) in [4.78, 5) is 13.3. The average molecular weight is 154 g/mol. The molecule has 11 heavy (non-hydrogen) atoms. The SMILES string of the molecule is O=[N+]([O-])c1nc(C2CC2)n[nH]1. The third-order valence-electron chi connectivity index (χ3n) is 1.61. The molecule has 1 fully saturated rings. The van der Waals surface area contributed by atoms with Gasteiger partial charge in [-0.1, -0.05) is 5.10 Å². The molecule has 1 heterocycles. The number of aromatic amines is 1. The molecule has 0 amide bonds. The molecule has 2 rings (SSSR count). The molecule has 1 aliphatic carbocycles. The van der Waals surface area contributed by atoms with Gasteiger partial charge in [-0.15, -0.1) is 5.10 Å².